The summed E-state index contributed by atoms with van der Waals surface area (Å²) in [4.78, 5) is 23.8. The smallest absolute Gasteiger partial charge is 0.333 e. The topological polar surface area (TPSA) is 93.7 Å². The Morgan fingerprint density at radius 1 is 1.62 bits per heavy atom. The lowest BCUT2D eigenvalue weighted by Crippen LogP contribution is -2.07. The van der Waals surface area contributed by atoms with Gasteiger partial charge in [-0.3, -0.25) is 9.59 Å². The van der Waals surface area contributed by atoms with Crippen LogP contribution in [0.4, 0.5) is 0 Å². The Kier molecular flexibility index (Phi) is 5.92. The van der Waals surface area contributed by atoms with E-state index in [1.807, 2.05) is 0 Å². The Hall–Kier alpha value is -1.81. The summed E-state index contributed by atoms with van der Waals surface area (Å²) in [5.41, 5.74) is 6.24. The molecule has 0 aromatic heterocycles. The second kappa shape index (κ2) is 6.87. The second-order valence-corrected chi connectivity index (χ2v) is 2.06. The van der Waals surface area contributed by atoms with Crippen LogP contribution in [0.5, 0.6) is 0 Å². The number of rotatable bonds is 5. The van der Waals surface area contributed by atoms with E-state index >= 15 is 0 Å². The van der Waals surface area contributed by atoms with Crippen LogP contribution in [0.2, 0.25) is 0 Å². The zero-order chi connectivity index (χ0) is 10.1. The van der Waals surface area contributed by atoms with Crippen LogP contribution in [0.1, 0.15) is 12.8 Å². The number of nitrogens with one attached hydrogen (secondary N) is 1. The molecule has 0 rings (SSSR count). The van der Waals surface area contributed by atoms with Gasteiger partial charge in [0.1, 0.15) is 12.1 Å². The van der Waals surface area contributed by atoms with Gasteiger partial charge >= 0.3 is 11.9 Å². The number of carbonyl (C=O) groups excluding carboxylic acids is 2. The fourth-order valence-electron chi connectivity index (χ4n) is 0.535. The summed E-state index contributed by atoms with van der Waals surface area (Å²) in [6, 6.07) is 0. The van der Waals surface area contributed by atoms with Crippen molar-refractivity contribution < 1.29 is 14.3 Å². The van der Waals surface area contributed by atoms with Crippen molar-refractivity contribution in [2.75, 3.05) is 6.61 Å². The molecule has 6 nitrogen and oxygen atoms in total. The molecule has 0 aliphatic carbocycles. The van der Waals surface area contributed by atoms with E-state index in [-0.39, 0.29) is 19.4 Å². The predicted octanol–water partition coefficient (Wildman–Crippen LogP) is 0.573. The summed E-state index contributed by atoms with van der Waals surface area (Å²) in [7, 11) is 0. The van der Waals surface area contributed by atoms with Gasteiger partial charge in [0, 0.05) is 0 Å². The van der Waals surface area contributed by atoms with E-state index in [9.17, 15) is 9.59 Å². The Labute approximate surface area is 74.8 Å². The van der Waals surface area contributed by atoms with E-state index in [1.54, 1.807) is 0 Å². The molecule has 0 radical (unpaired) electrons. The molecular formula is C7H10N3O3+. The van der Waals surface area contributed by atoms with Crippen LogP contribution in [0.25, 0.3) is 0 Å². The maximum atomic E-state index is 10.7. The number of carbonyl (C=O) groups is 2. The maximum Gasteiger partial charge on any atom is 0.333 e. The zero-order valence-corrected chi connectivity index (χ0v) is 7.02. The Morgan fingerprint density at radius 2 is 2.31 bits per heavy atom. The lowest BCUT2D eigenvalue weighted by molar-refractivity contribution is -0.143. The first-order valence-electron chi connectivity index (χ1n) is 3.57. The summed E-state index contributed by atoms with van der Waals surface area (Å²) in [5, 5.41) is 2.91. The number of nitrogens with zero attached hydrogens (tertiary/aromatic N) is 2. The van der Waals surface area contributed by atoms with E-state index in [2.05, 4.69) is 21.3 Å². The van der Waals surface area contributed by atoms with Crippen LogP contribution >= 0.6 is 0 Å². The Balaban J connectivity index is 3.55. The van der Waals surface area contributed by atoms with Crippen LogP contribution in [0, 0.1) is 5.53 Å². The lowest BCUT2D eigenvalue weighted by Gasteiger charge is -1.98. The molecule has 0 bridgehead atoms. The molecule has 0 saturated heterocycles. The molecule has 0 spiro atoms. The highest BCUT2D eigenvalue weighted by molar-refractivity contribution is 5.76. The van der Waals surface area contributed by atoms with E-state index in [1.165, 1.54) is 6.08 Å². The van der Waals surface area contributed by atoms with Gasteiger partial charge in [-0.1, -0.05) is 6.08 Å². The molecule has 13 heavy (non-hydrogen) atoms. The van der Waals surface area contributed by atoms with Crippen molar-refractivity contribution in [3.8, 4) is 0 Å². The molecule has 1 amide bonds. The first-order chi connectivity index (χ1) is 6.20. The molecule has 0 atom stereocenters. The monoisotopic (exact) mass is 184 g/mol. The van der Waals surface area contributed by atoms with Gasteiger partial charge in [-0.15, -0.1) is 6.58 Å². The third-order valence-corrected chi connectivity index (χ3v) is 1.05. The summed E-state index contributed by atoms with van der Waals surface area (Å²) >= 11 is 0. The molecule has 0 saturated carbocycles. The largest absolute Gasteiger partial charge is 0.465 e. The Morgan fingerprint density at radius 3 is 2.85 bits per heavy atom. The van der Waals surface area contributed by atoms with Crippen LogP contribution < -0.4 is 4.91 Å². The molecule has 6 heteroatoms. The van der Waals surface area contributed by atoms with Crippen molar-refractivity contribution in [3.63, 3.8) is 0 Å². The van der Waals surface area contributed by atoms with Crippen LogP contribution in [-0.4, -0.2) is 18.5 Å². The van der Waals surface area contributed by atoms with Crippen molar-refractivity contribution in [2.45, 2.75) is 12.8 Å². The minimum Gasteiger partial charge on any atom is -0.465 e. The van der Waals surface area contributed by atoms with Gasteiger partial charge in [0.2, 0.25) is 4.91 Å². The third kappa shape index (κ3) is 6.58. The van der Waals surface area contributed by atoms with Gasteiger partial charge < -0.3 is 4.74 Å². The fourth-order valence-corrected chi connectivity index (χ4v) is 0.535. The van der Waals surface area contributed by atoms with Gasteiger partial charge in [-0.25, -0.2) is 0 Å². The Bertz CT molecular complexity index is 256. The van der Waals surface area contributed by atoms with E-state index < -0.39 is 11.9 Å². The standard InChI is InChI=1S/C7H10N3O3/c1-2-3-7(12)13-5-4-6(11)9-10-8/h2,8H,1,3-5H2/q+1. The van der Waals surface area contributed by atoms with Crippen molar-refractivity contribution in [2.24, 2.45) is 5.11 Å². The highest BCUT2D eigenvalue weighted by Gasteiger charge is 2.06. The average molecular weight is 184 g/mol. The van der Waals surface area contributed by atoms with Crippen LogP contribution in [0.3, 0.4) is 0 Å². The summed E-state index contributed by atoms with van der Waals surface area (Å²) in [6.45, 7) is 3.31. The highest BCUT2D eigenvalue weighted by atomic mass is 16.5. The molecule has 0 aliphatic rings. The van der Waals surface area contributed by atoms with E-state index in [0.717, 1.165) is 0 Å². The molecule has 0 aromatic rings. The number of esters is 1. The molecule has 0 unspecified atom stereocenters. The zero-order valence-electron chi connectivity index (χ0n) is 7.02. The fraction of sp³-hybridized carbons (Fsp3) is 0.429. The summed E-state index contributed by atoms with van der Waals surface area (Å²) < 4.78 is 4.61. The van der Waals surface area contributed by atoms with Gasteiger partial charge in [0.15, 0.2) is 5.11 Å². The molecule has 0 fully saturated rings. The van der Waals surface area contributed by atoms with Crippen molar-refractivity contribution in [3.05, 3.63) is 12.7 Å². The lowest BCUT2D eigenvalue weighted by atomic mass is 10.4. The van der Waals surface area contributed by atoms with Crippen LogP contribution in [0.15, 0.2) is 17.8 Å². The van der Waals surface area contributed by atoms with Crippen molar-refractivity contribution >= 4 is 11.9 Å². The minimum atomic E-state index is -0.582. The maximum absolute atomic E-state index is 10.7. The van der Waals surface area contributed by atoms with Crippen LogP contribution in [-0.2, 0) is 14.3 Å². The first kappa shape index (κ1) is 11.2. The minimum absolute atomic E-state index is 0.0372. The normalized spacial score (nSPS) is 8.31. The molecule has 0 aromatic carbocycles. The van der Waals surface area contributed by atoms with Gasteiger partial charge in [0.25, 0.3) is 0 Å². The number of amides is 1. The molecule has 70 valence electrons. The molecule has 1 N–H and O–H groups in total. The SMILES string of the molecule is C=CCC(=O)OCCC(=O)N=[N+]=N. The van der Waals surface area contributed by atoms with Gasteiger partial charge in [-0.2, -0.15) is 0 Å². The third-order valence-electron chi connectivity index (χ3n) is 1.05. The average Bonchev–Trinajstić information content (AvgIpc) is 2.05. The van der Waals surface area contributed by atoms with Crippen molar-refractivity contribution in [1.29, 1.82) is 5.53 Å². The van der Waals surface area contributed by atoms with Gasteiger partial charge in [-0.05, 0) is 0 Å². The number of hydrogen-bond donors (Lipinski definition) is 1. The molecule has 0 aliphatic heterocycles. The quantitative estimate of drug-likeness (QED) is 0.293. The first-order valence-corrected chi connectivity index (χ1v) is 3.57. The van der Waals surface area contributed by atoms with Crippen molar-refractivity contribution in [1.82, 2.24) is 4.91 Å². The summed E-state index contributed by atoms with van der Waals surface area (Å²) in [5.74, 6) is -1.02. The predicted molar refractivity (Wildman–Crippen MR) is 42.7 cm³/mol. The van der Waals surface area contributed by atoms with Gasteiger partial charge in [0.05, 0.1) is 12.8 Å². The van der Waals surface area contributed by atoms with E-state index in [0.29, 0.717) is 0 Å². The highest BCUT2D eigenvalue weighted by Crippen LogP contribution is 1.90. The van der Waals surface area contributed by atoms with E-state index in [4.69, 9.17) is 5.53 Å². The number of ether oxygens (including phenoxy) is 1. The molecular weight excluding hydrogens is 174 g/mol. The summed E-state index contributed by atoms with van der Waals surface area (Å²) in [6.07, 6.45) is 1.48. The molecule has 0 heterocycles. The second-order valence-electron chi connectivity index (χ2n) is 2.06. The number of hydrogen-bond acceptors (Lipinski definition) is 4.